The highest BCUT2D eigenvalue weighted by atomic mass is 19.4. The molecular formula is C21H19F3N4O3. The first-order valence-corrected chi connectivity index (χ1v) is 9.47. The highest BCUT2D eigenvalue weighted by Crippen LogP contribution is 2.40. The van der Waals surface area contributed by atoms with Gasteiger partial charge in [0.2, 0.25) is 0 Å². The Morgan fingerprint density at radius 1 is 1.06 bits per heavy atom. The van der Waals surface area contributed by atoms with Gasteiger partial charge in [-0.05, 0) is 35.4 Å². The summed E-state index contributed by atoms with van der Waals surface area (Å²) in [4.78, 5) is 31.9. The number of hydrogen-bond donors (Lipinski definition) is 1. The number of halogens is 3. The molecule has 0 fully saturated rings. The van der Waals surface area contributed by atoms with Crippen LogP contribution in [0.1, 0.15) is 22.8 Å². The molecule has 10 heteroatoms. The SMILES string of the molecule is CC(=O)Oc1cccc(C(=O)N2CC3=C(C2)CN(c2ccc(N)cn2)C3)c1C(F)(F)F. The van der Waals surface area contributed by atoms with E-state index in [0.717, 1.165) is 36.0 Å². The van der Waals surface area contributed by atoms with Crippen molar-refractivity contribution in [3.63, 3.8) is 0 Å². The molecule has 0 spiro atoms. The molecular weight excluding hydrogens is 413 g/mol. The third kappa shape index (κ3) is 4.05. The number of anilines is 2. The molecule has 2 aliphatic rings. The molecule has 1 aromatic heterocycles. The highest BCUT2D eigenvalue weighted by molar-refractivity contribution is 5.97. The first-order valence-electron chi connectivity index (χ1n) is 9.47. The molecule has 0 bridgehead atoms. The Bertz CT molecular complexity index is 1060. The van der Waals surface area contributed by atoms with Gasteiger partial charge in [0.15, 0.2) is 0 Å². The molecule has 4 rings (SSSR count). The first kappa shape index (κ1) is 20.7. The molecule has 0 saturated heterocycles. The molecule has 162 valence electrons. The maximum Gasteiger partial charge on any atom is 0.420 e. The topological polar surface area (TPSA) is 88.8 Å². The maximum atomic E-state index is 13.7. The van der Waals surface area contributed by atoms with E-state index in [1.54, 1.807) is 18.3 Å². The lowest BCUT2D eigenvalue weighted by molar-refractivity contribution is -0.141. The van der Waals surface area contributed by atoms with Crippen LogP contribution in [0.3, 0.4) is 0 Å². The third-order valence-corrected chi connectivity index (χ3v) is 5.20. The van der Waals surface area contributed by atoms with Crippen LogP contribution in [0.5, 0.6) is 5.75 Å². The summed E-state index contributed by atoms with van der Waals surface area (Å²) in [5.41, 5.74) is 6.40. The van der Waals surface area contributed by atoms with E-state index < -0.39 is 34.9 Å². The molecule has 0 aliphatic carbocycles. The molecule has 2 aliphatic heterocycles. The van der Waals surface area contributed by atoms with E-state index in [9.17, 15) is 22.8 Å². The second-order valence-electron chi connectivity index (χ2n) is 7.44. The number of rotatable bonds is 3. The normalized spacial score (nSPS) is 16.0. The fourth-order valence-corrected chi connectivity index (χ4v) is 3.88. The fraction of sp³-hybridized carbons (Fsp3) is 0.286. The summed E-state index contributed by atoms with van der Waals surface area (Å²) >= 11 is 0. The van der Waals surface area contributed by atoms with Gasteiger partial charge in [-0.2, -0.15) is 13.2 Å². The summed E-state index contributed by atoms with van der Waals surface area (Å²) < 4.78 is 45.8. The molecule has 3 heterocycles. The quantitative estimate of drug-likeness (QED) is 0.456. The maximum absolute atomic E-state index is 13.7. The number of amides is 1. The summed E-state index contributed by atoms with van der Waals surface area (Å²) in [6, 6.07) is 6.95. The van der Waals surface area contributed by atoms with Gasteiger partial charge in [0.05, 0.1) is 17.4 Å². The summed E-state index contributed by atoms with van der Waals surface area (Å²) in [6.45, 7) is 2.54. The molecule has 1 aromatic carbocycles. The highest BCUT2D eigenvalue weighted by Gasteiger charge is 2.41. The van der Waals surface area contributed by atoms with Gasteiger partial charge in [0.25, 0.3) is 5.91 Å². The molecule has 2 aromatic rings. The summed E-state index contributed by atoms with van der Waals surface area (Å²) in [6.07, 6.45) is -3.30. The Morgan fingerprint density at radius 2 is 1.74 bits per heavy atom. The van der Waals surface area contributed by atoms with E-state index in [0.29, 0.717) is 18.8 Å². The van der Waals surface area contributed by atoms with Crippen molar-refractivity contribution in [2.75, 3.05) is 36.8 Å². The van der Waals surface area contributed by atoms with Gasteiger partial charge in [-0.1, -0.05) is 6.07 Å². The predicted molar refractivity (Wildman–Crippen MR) is 107 cm³/mol. The van der Waals surface area contributed by atoms with Gasteiger partial charge in [-0.25, -0.2) is 4.98 Å². The van der Waals surface area contributed by atoms with Crippen molar-refractivity contribution in [1.82, 2.24) is 9.88 Å². The molecule has 7 nitrogen and oxygen atoms in total. The van der Waals surface area contributed by atoms with E-state index in [1.165, 1.54) is 11.0 Å². The number of hydrogen-bond acceptors (Lipinski definition) is 6. The Balaban J connectivity index is 1.53. The van der Waals surface area contributed by atoms with Crippen LogP contribution >= 0.6 is 0 Å². The molecule has 0 radical (unpaired) electrons. The minimum absolute atomic E-state index is 0.231. The van der Waals surface area contributed by atoms with Crippen molar-refractivity contribution < 1.29 is 27.5 Å². The number of esters is 1. The second-order valence-corrected chi connectivity index (χ2v) is 7.44. The van der Waals surface area contributed by atoms with E-state index >= 15 is 0 Å². The smallest absolute Gasteiger partial charge is 0.420 e. The van der Waals surface area contributed by atoms with Crippen LogP contribution < -0.4 is 15.4 Å². The minimum atomic E-state index is -4.86. The molecule has 2 N–H and O–H groups in total. The summed E-state index contributed by atoms with van der Waals surface area (Å²) in [5, 5.41) is 0. The lowest BCUT2D eigenvalue weighted by Gasteiger charge is -2.25. The van der Waals surface area contributed by atoms with Crippen LogP contribution in [0.4, 0.5) is 24.7 Å². The standard InChI is InChI=1S/C21H19F3N4O3/c1-12(29)31-17-4-2-3-16(19(17)21(22,23)24)20(30)28-10-13-8-27(9-14(13)11-28)18-6-5-15(25)7-26-18/h2-7H,8-11,25H2,1H3. The number of alkyl halides is 3. The van der Waals surface area contributed by atoms with Gasteiger partial charge in [0, 0.05) is 33.1 Å². The van der Waals surface area contributed by atoms with Crippen LogP contribution in [0, 0.1) is 0 Å². The van der Waals surface area contributed by atoms with Gasteiger partial charge in [-0.15, -0.1) is 0 Å². The van der Waals surface area contributed by atoms with Crippen LogP contribution in [-0.2, 0) is 11.0 Å². The number of nitrogens with zero attached hydrogens (tertiary/aromatic N) is 3. The number of aromatic nitrogens is 1. The fourth-order valence-electron chi connectivity index (χ4n) is 3.88. The molecule has 1 amide bonds. The molecule has 31 heavy (non-hydrogen) atoms. The predicted octanol–water partition coefficient (Wildman–Crippen LogP) is 2.88. The number of pyridine rings is 1. The first-order chi connectivity index (χ1) is 14.6. The van der Waals surface area contributed by atoms with Gasteiger partial charge in [0.1, 0.15) is 17.1 Å². The van der Waals surface area contributed by atoms with Crippen molar-refractivity contribution in [2.45, 2.75) is 13.1 Å². The lowest BCUT2D eigenvalue weighted by atomic mass is 10.0. The largest absolute Gasteiger partial charge is 0.426 e. The van der Waals surface area contributed by atoms with Crippen LogP contribution in [-0.4, -0.2) is 47.9 Å². The Labute approximate surface area is 175 Å². The number of carbonyl (C=O) groups excluding carboxylic acids is 2. The van der Waals surface area contributed by atoms with Crippen molar-refractivity contribution in [1.29, 1.82) is 0 Å². The van der Waals surface area contributed by atoms with Crippen molar-refractivity contribution >= 4 is 23.4 Å². The minimum Gasteiger partial charge on any atom is -0.426 e. The zero-order valence-electron chi connectivity index (χ0n) is 16.6. The number of carbonyl (C=O) groups is 2. The summed E-state index contributed by atoms with van der Waals surface area (Å²) in [5.74, 6) is -1.58. The molecule has 0 atom stereocenters. The van der Waals surface area contributed by atoms with E-state index in [4.69, 9.17) is 10.5 Å². The van der Waals surface area contributed by atoms with Gasteiger partial charge in [-0.3, -0.25) is 9.59 Å². The molecule has 0 saturated carbocycles. The van der Waals surface area contributed by atoms with Crippen LogP contribution in [0.25, 0.3) is 0 Å². The Hall–Kier alpha value is -3.56. The third-order valence-electron chi connectivity index (χ3n) is 5.20. The zero-order valence-corrected chi connectivity index (χ0v) is 16.6. The number of benzene rings is 1. The number of ether oxygens (including phenoxy) is 1. The zero-order chi connectivity index (χ0) is 22.3. The monoisotopic (exact) mass is 432 g/mol. The summed E-state index contributed by atoms with van der Waals surface area (Å²) in [7, 11) is 0. The van der Waals surface area contributed by atoms with Crippen LogP contribution in [0.15, 0.2) is 47.7 Å². The van der Waals surface area contributed by atoms with Gasteiger partial charge < -0.3 is 20.3 Å². The molecule has 0 unspecified atom stereocenters. The van der Waals surface area contributed by atoms with Crippen LogP contribution in [0.2, 0.25) is 0 Å². The van der Waals surface area contributed by atoms with E-state index in [-0.39, 0.29) is 13.1 Å². The average molecular weight is 432 g/mol. The lowest BCUT2D eigenvalue weighted by Crippen LogP contribution is -2.35. The Morgan fingerprint density at radius 3 is 2.29 bits per heavy atom. The average Bonchev–Trinajstić information content (AvgIpc) is 3.25. The second kappa shape index (κ2) is 7.60. The Kier molecular flexibility index (Phi) is 5.08. The van der Waals surface area contributed by atoms with Crippen molar-refractivity contribution in [2.24, 2.45) is 0 Å². The number of nitrogens with two attached hydrogens (primary N) is 1. The van der Waals surface area contributed by atoms with Crippen molar-refractivity contribution in [3.8, 4) is 5.75 Å². The van der Waals surface area contributed by atoms with Gasteiger partial charge >= 0.3 is 12.1 Å². The van der Waals surface area contributed by atoms with E-state index in [2.05, 4.69) is 4.98 Å². The number of nitrogen functional groups attached to an aromatic ring is 1. The van der Waals surface area contributed by atoms with Crippen molar-refractivity contribution in [3.05, 3.63) is 58.8 Å². The van der Waals surface area contributed by atoms with E-state index in [1.807, 2.05) is 4.90 Å².